The van der Waals surface area contributed by atoms with E-state index in [1.54, 1.807) is 0 Å². The van der Waals surface area contributed by atoms with Gasteiger partial charge in [-0.05, 0) is 63.8 Å². The Bertz CT molecular complexity index is 338. The third-order valence-corrected chi connectivity index (χ3v) is 5.51. The van der Waals surface area contributed by atoms with Gasteiger partial charge in [-0.2, -0.15) is 0 Å². The summed E-state index contributed by atoms with van der Waals surface area (Å²) in [7, 11) is 1.97. The third-order valence-electron chi connectivity index (χ3n) is 5.51. The first kappa shape index (κ1) is 16.8. The average molecular weight is 296 g/mol. The molecule has 2 aliphatic rings. The van der Waals surface area contributed by atoms with E-state index in [0.29, 0.717) is 18.5 Å². The van der Waals surface area contributed by atoms with E-state index in [4.69, 9.17) is 0 Å². The summed E-state index contributed by atoms with van der Waals surface area (Å²) in [6.07, 6.45) is 6.71. The van der Waals surface area contributed by atoms with E-state index in [2.05, 4.69) is 11.8 Å². The monoisotopic (exact) mass is 296 g/mol. The van der Waals surface area contributed by atoms with Crippen molar-refractivity contribution in [2.24, 2.45) is 11.8 Å². The van der Waals surface area contributed by atoms with Crippen molar-refractivity contribution in [3.63, 3.8) is 0 Å². The van der Waals surface area contributed by atoms with Crippen molar-refractivity contribution in [2.45, 2.75) is 64.5 Å². The lowest BCUT2D eigenvalue weighted by atomic mass is 9.86. The molecule has 1 aliphatic heterocycles. The lowest BCUT2D eigenvalue weighted by Crippen LogP contribution is -2.48. The molecule has 0 spiro atoms. The normalized spacial score (nSPS) is 32.7. The molecule has 1 saturated carbocycles. The Morgan fingerprint density at radius 3 is 2.57 bits per heavy atom. The third kappa shape index (κ3) is 4.68. The van der Waals surface area contributed by atoms with Gasteiger partial charge in [0.1, 0.15) is 0 Å². The molecule has 21 heavy (non-hydrogen) atoms. The highest BCUT2D eigenvalue weighted by Gasteiger charge is 2.28. The Labute approximate surface area is 129 Å². The maximum Gasteiger partial charge on any atom is 0.236 e. The van der Waals surface area contributed by atoms with Gasteiger partial charge in [-0.25, -0.2) is 0 Å². The lowest BCUT2D eigenvalue weighted by molar-refractivity contribution is -0.134. The molecule has 0 radical (unpaired) electrons. The average Bonchev–Trinajstić information content (AvgIpc) is 2.47. The Kier molecular flexibility index (Phi) is 6.06. The van der Waals surface area contributed by atoms with E-state index in [0.717, 1.165) is 44.7 Å². The molecule has 0 aromatic rings. The van der Waals surface area contributed by atoms with Crippen LogP contribution in [0.4, 0.5) is 0 Å². The van der Waals surface area contributed by atoms with Crippen LogP contribution in [0, 0.1) is 11.8 Å². The van der Waals surface area contributed by atoms with Crippen molar-refractivity contribution in [1.29, 1.82) is 0 Å². The molecule has 4 heteroatoms. The number of amides is 1. The van der Waals surface area contributed by atoms with Crippen LogP contribution in [0.2, 0.25) is 0 Å². The number of rotatable bonds is 4. The number of likely N-dealkylation sites (N-methyl/N-ethyl adjacent to an activating group) is 1. The molecule has 122 valence electrons. The van der Waals surface area contributed by atoms with Gasteiger partial charge in [0.2, 0.25) is 5.91 Å². The molecule has 2 unspecified atom stereocenters. The fraction of sp³-hybridized carbons (Fsp3) is 0.941. The zero-order valence-corrected chi connectivity index (χ0v) is 13.9. The highest BCUT2D eigenvalue weighted by atomic mass is 16.3. The van der Waals surface area contributed by atoms with Gasteiger partial charge in [-0.3, -0.25) is 9.69 Å². The number of aliphatic hydroxyl groups excluding tert-OH is 1. The minimum absolute atomic E-state index is 0.251. The second-order valence-electron chi connectivity index (χ2n) is 7.30. The van der Waals surface area contributed by atoms with E-state index in [9.17, 15) is 9.90 Å². The number of aliphatic hydroxyl groups is 1. The maximum absolute atomic E-state index is 12.5. The van der Waals surface area contributed by atoms with Crippen molar-refractivity contribution < 1.29 is 9.90 Å². The molecule has 1 heterocycles. The van der Waals surface area contributed by atoms with Crippen LogP contribution < -0.4 is 0 Å². The van der Waals surface area contributed by atoms with Gasteiger partial charge in [0.05, 0.1) is 12.6 Å². The molecule has 2 fully saturated rings. The number of nitrogens with zero attached hydrogens (tertiary/aromatic N) is 2. The lowest BCUT2D eigenvalue weighted by Gasteiger charge is -2.37. The van der Waals surface area contributed by atoms with E-state index < -0.39 is 0 Å². The van der Waals surface area contributed by atoms with Gasteiger partial charge in [0.15, 0.2) is 0 Å². The minimum atomic E-state index is -0.263. The van der Waals surface area contributed by atoms with Crippen LogP contribution in [-0.4, -0.2) is 59.6 Å². The number of carbonyl (C=O) groups is 1. The molecule has 2 rings (SSSR count). The zero-order chi connectivity index (χ0) is 15.4. The van der Waals surface area contributed by atoms with Crippen molar-refractivity contribution in [3.8, 4) is 0 Å². The minimum Gasteiger partial charge on any atom is -0.393 e. The van der Waals surface area contributed by atoms with Crippen LogP contribution in [0.5, 0.6) is 0 Å². The van der Waals surface area contributed by atoms with Crippen molar-refractivity contribution in [2.75, 3.05) is 26.7 Å². The fourth-order valence-corrected chi connectivity index (χ4v) is 3.76. The smallest absolute Gasteiger partial charge is 0.236 e. The molecular weight excluding hydrogens is 264 g/mol. The molecule has 0 aromatic carbocycles. The number of likely N-dealkylation sites (tertiary alicyclic amines) is 1. The SMILES string of the molecule is CC1CCC(N(C)C(=O)CN2CCCC(C(C)O)C2)CC1. The topological polar surface area (TPSA) is 43.8 Å². The van der Waals surface area contributed by atoms with Gasteiger partial charge >= 0.3 is 0 Å². The summed E-state index contributed by atoms with van der Waals surface area (Å²) in [5.74, 6) is 1.40. The van der Waals surface area contributed by atoms with Gasteiger partial charge in [-0.15, -0.1) is 0 Å². The predicted molar refractivity (Wildman–Crippen MR) is 85.0 cm³/mol. The zero-order valence-electron chi connectivity index (χ0n) is 13.9. The number of hydrogen-bond donors (Lipinski definition) is 1. The fourth-order valence-electron chi connectivity index (χ4n) is 3.76. The van der Waals surface area contributed by atoms with Crippen molar-refractivity contribution in [3.05, 3.63) is 0 Å². The first-order valence-corrected chi connectivity index (χ1v) is 8.63. The van der Waals surface area contributed by atoms with Crippen molar-refractivity contribution in [1.82, 2.24) is 9.80 Å². The van der Waals surface area contributed by atoms with Gasteiger partial charge in [-0.1, -0.05) is 6.92 Å². The van der Waals surface area contributed by atoms with E-state index >= 15 is 0 Å². The molecule has 4 nitrogen and oxygen atoms in total. The van der Waals surface area contributed by atoms with Crippen LogP contribution in [0.3, 0.4) is 0 Å². The summed E-state index contributed by atoms with van der Waals surface area (Å²) in [6, 6.07) is 0.436. The van der Waals surface area contributed by atoms with Crippen LogP contribution in [0.1, 0.15) is 52.4 Å². The van der Waals surface area contributed by atoms with Gasteiger partial charge < -0.3 is 10.0 Å². The summed E-state index contributed by atoms with van der Waals surface area (Å²) >= 11 is 0. The van der Waals surface area contributed by atoms with E-state index in [1.165, 1.54) is 12.8 Å². The molecule has 0 bridgehead atoms. The first-order valence-electron chi connectivity index (χ1n) is 8.63. The summed E-state index contributed by atoms with van der Waals surface area (Å²) in [4.78, 5) is 16.7. The number of carbonyl (C=O) groups excluding carboxylic acids is 1. The van der Waals surface area contributed by atoms with Crippen LogP contribution >= 0.6 is 0 Å². The van der Waals surface area contributed by atoms with E-state index in [1.807, 2.05) is 18.9 Å². The second kappa shape index (κ2) is 7.59. The predicted octanol–water partition coefficient (Wildman–Crippen LogP) is 2.12. The first-order chi connectivity index (χ1) is 9.97. The Morgan fingerprint density at radius 1 is 1.29 bits per heavy atom. The number of hydrogen-bond acceptors (Lipinski definition) is 3. The molecule has 2 atom stereocenters. The highest BCUT2D eigenvalue weighted by Crippen LogP contribution is 2.27. The number of piperidine rings is 1. The maximum atomic E-state index is 12.5. The standard InChI is InChI=1S/C17H32N2O2/c1-13-6-8-16(9-7-13)18(3)17(21)12-19-10-4-5-15(11-19)14(2)20/h13-16,20H,4-12H2,1-3H3. The molecule has 0 aromatic heterocycles. The Morgan fingerprint density at radius 2 is 1.95 bits per heavy atom. The quantitative estimate of drug-likeness (QED) is 0.864. The van der Waals surface area contributed by atoms with E-state index in [-0.39, 0.29) is 12.0 Å². The summed E-state index contributed by atoms with van der Waals surface area (Å²) in [5.41, 5.74) is 0. The summed E-state index contributed by atoms with van der Waals surface area (Å²) in [6.45, 7) is 6.54. The van der Waals surface area contributed by atoms with Crippen LogP contribution in [0.25, 0.3) is 0 Å². The second-order valence-corrected chi connectivity index (χ2v) is 7.30. The van der Waals surface area contributed by atoms with Crippen LogP contribution in [0.15, 0.2) is 0 Å². The Balaban J connectivity index is 1.80. The highest BCUT2D eigenvalue weighted by molar-refractivity contribution is 5.78. The largest absolute Gasteiger partial charge is 0.393 e. The van der Waals surface area contributed by atoms with Crippen molar-refractivity contribution >= 4 is 5.91 Å². The molecule has 1 N–H and O–H groups in total. The molecule has 1 aliphatic carbocycles. The van der Waals surface area contributed by atoms with Gasteiger partial charge in [0, 0.05) is 19.6 Å². The van der Waals surface area contributed by atoms with Crippen LogP contribution in [-0.2, 0) is 4.79 Å². The molecule has 1 amide bonds. The summed E-state index contributed by atoms with van der Waals surface area (Å²) in [5, 5.41) is 9.74. The molecule has 1 saturated heterocycles. The van der Waals surface area contributed by atoms with Gasteiger partial charge in [0.25, 0.3) is 0 Å². The Hall–Kier alpha value is -0.610. The molecular formula is C17H32N2O2. The summed E-state index contributed by atoms with van der Waals surface area (Å²) < 4.78 is 0.